The molecule has 1 aromatic heterocycles. The van der Waals surface area contributed by atoms with Crippen LogP contribution in [-0.2, 0) is 4.74 Å². The first-order chi connectivity index (χ1) is 8.79. The van der Waals surface area contributed by atoms with E-state index in [2.05, 4.69) is 25.5 Å². The van der Waals surface area contributed by atoms with Crippen molar-refractivity contribution in [3.63, 3.8) is 0 Å². The second kappa shape index (κ2) is 6.46. The number of nitrogens with zero attached hydrogens (tertiary/aromatic N) is 3. The van der Waals surface area contributed by atoms with Gasteiger partial charge in [0.1, 0.15) is 0 Å². The van der Waals surface area contributed by atoms with E-state index < -0.39 is 5.82 Å². The van der Waals surface area contributed by atoms with Crippen molar-refractivity contribution in [3.8, 4) is 0 Å². The standard InChI is InChI=1S/C11H18FN5O/c1-13-11-15-8-9(12)10(16-11)14-2-3-17-4-6-18-7-5-17/h8H,2-7H2,1H3,(H2,13,14,15,16). The van der Waals surface area contributed by atoms with Crippen LogP contribution >= 0.6 is 0 Å². The largest absolute Gasteiger partial charge is 0.379 e. The first-order valence-electron chi connectivity index (χ1n) is 6.04. The van der Waals surface area contributed by atoms with Crippen molar-refractivity contribution in [2.45, 2.75) is 0 Å². The van der Waals surface area contributed by atoms with Crippen LogP contribution < -0.4 is 10.6 Å². The molecule has 0 aromatic carbocycles. The highest BCUT2D eigenvalue weighted by atomic mass is 19.1. The van der Waals surface area contributed by atoms with Crippen LogP contribution in [0, 0.1) is 5.82 Å². The van der Waals surface area contributed by atoms with Crippen LogP contribution in [0.3, 0.4) is 0 Å². The summed E-state index contributed by atoms with van der Waals surface area (Å²) in [6.45, 7) is 4.89. The Hall–Kier alpha value is -1.47. The fourth-order valence-corrected chi connectivity index (χ4v) is 1.77. The van der Waals surface area contributed by atoms with Crippen molar-refractivity contribution in [1.82, 2.24) is 14.9 Å². The molecule has 1 aliphatic rings. The van der Waals surface area contributed by atoms with Crippen LogP contribution in [0.4, 0.5) is 16.2 Å². The Bertz CT molecular complexity index is 384. The normalized spacial score (nSPS) is 16.6. The molecule has 1 aliphatic heterocycles. The molecule has 0 spiro atoms. The van der Waals surface area contributed by atoms with Gasteiger partial charge in [0.2, 0.25) is 5.95 Å². The quantitative estimate of drug-likeness (QED) is 0.794. The molecule has 0 radical (unpaired) electrons. The highest BCUT2D eigenvalue weighted by Gasteiger charge is 2.10. The van der Waals surface area contributed by atoms with E-state index in [0.717, 1.165) is 39.0 Å². The molecule has 0 amide bonds. The molecular formula is C11H18FN5O. The number of rotatable bonds is 5. The molecule has 7 heteroatoms. The van der Waals surface area contributed by atoms with Crippen LogP contribution in [-0.4, -0.2) is 61.3 Å². The van der Waals surface area contributed by atoms with Crippen LogP contribution in [0.1, 0.15) is 0 Å². The lowest BCUT2D eigenvalue weighted by Gasteiger charge is -2.26. The van der Waals surface area contributed by atoms with Gasteiger partial charge >= 0.3 is 0 Å². The second-order valence-corrected chi connectivity index (χ2v) is 4.02. The van der Waals surface area contributed by atoms with Gasteiger partial charge in [-0.05, 0) is 0 Å². The Morgan fingerprint density at radius 3 is 2.94 bits per heavy atom. The zero-order valence-electron chi connectivity index (χ0n) is 10.4. The predicted molar refractivity (Wildman–Crippen MR) is 67.3 cm³/mol. The van der Waals surface area contributed by atoms with Gasteiger partial charge in [0, 0.05) is 33.2 Å². The Balaban J connectivity index is 1.81. The lowest BCUT2D eigenvalue weighted by Crippen LogP contribution is -2.39. The van der Waals surface area contributed by atoms with Gasteiger partial charge in [0.25, 0.3) is 0 Å². The van der Waals surface area contributed by atoms with Crippen LogP contribution in [0.15, 0.2) is 6.20 Å². The van der Waals surface area contributed by atoms with Crippen molar-refractivity contribution in [2.24, 2.45) is 0 Å². The molecule has 0 atom stereocenters. The second-order valence-electron chi connectivity index (χ2n) is 4.02. The number of ether oxygens (including phenoxy) is 1. The summed E-state index contributed by atoms with van der Waals surface area (Å²) in [5.41, 5.74) is 0. The molecule has 0 unspecified atom stereocenters. The summed E-state index contributed by atoms with van der Waals surface area (Å²) in [5.74, 6) is 0.212. The molecule has 100 valence electrons. The molecule has 1 fully saturated rings. The number of hydrogen-bond donors (Lipinski definition) is 2. The number of hydrogen-bond acceptors (Lipinski definition) is 6. The molecule has 0 saturated carbocycles. The van der Waals surface area contributed by atoms with E-state index in [-0.39, 0.29) is 5.82 Å². The third-order valence-corrected chi connectivity index (χ3v) is 2.79. The zero-order chi connectivity index (χ0) is 12.8. The maximum absolute atomic E-state index is 13.4. The number of aromatic nitrogens is 2. The maximum atomic E-state index is 13.4. The number of nitrogens with one attached hydrogen (secondary N) is 2. The Kier molecular flexibility index (Phi) is 4.66. The Morgan fingerprint density at radius 2 is 2.22 bits per heavy atom. The van der Waals surface area contributed by atoms with Gasteiger partial charge < -0.3 is 15.4 Å². The van der Waals surface area contributed by atoms with E-state index >= 15 is 0 Å². The molecule has 2 heterocycles. The molecule has 6 nitrogen and oxygen atoms in total. The minimum atomic E-state index is -0.434. The van der Waals surface area contributed by atoms with Crippen LogP contribution in [0.5, 0.6) is 0 Å². The summed E-state index contributed by atoms with van der Waals surface area (Å²) < 4.78 is 18.7. The molecule has 0 bridgehead atoms. The van der Waals surface area contributed by atoms with Gasteiger partial charge in [0.05, 0.1) is 19.4 Å². The monoisotopic (exact) mass is 255 g/mol. The van der Waals surface area contributed by atoms with Crippen molar-refractivity contribution in [1.29, 1.82) is 0 Å². The number of halogens is 1. The summed E-state index contributed by atoms with van der Waals surface area (Å²) in [7, 11) is 1.70. The first-order valence-corrected chi connectivity index (χ1v) is 6.04. The van der Waals surface area contributed by atoms with E-state index in [1.807, 2.05) is 0 Å². The topological polar surface area (TPSA) is 62.3 Å². The molecule has 18 heavy (non-hydrogen) atoms. The van der Waals surface area contributed by atoms with Gasteiger partial charge in [-0.2, -0.15) is 4.98 Å². The lowest BCUT2D eigenvalue weighted by atomic mass is 10.4. The average molecular weight is 255 g/mol. The van der Waals surface area contributed by atoms with Gasteiger partial charge in [-0.25, -0.2) is 9.37 Å². The third-order valence-electron chi connectivity index (χ3n) is 2.79. The molecule has 0 aliphatic carbocycles. The fourth-order valence-electron chi connectivity index (χ4n) is 1.77. The van der Waals surface area contributed by atoms with E-state index in [1.54, 1.807) is 7.05 Å². The summed E-state index contributed by atoms with van der Waals surface area (Å²) in [5, 5.41) is 5.76. The van der Waals surface area contributed by atoms with Crippen molar-refractivity contribution < 1.29 is 9.13 Å². The zero-order valence-corrected chi connectivity index (χ0v) is 10.4. The third kappa shape index (κ3) is 3.51. The van der Waals surface area contributed by atoms with Crippen LogP contribution in [0.25, 0.3) is 0 Å². The number of morpholine rings is 1. The SMILES string of the molecule is CNc1ncc(F)c(NCCN2CCOCC2)n1. The summed E-state index contributed by atoms with van der Waals surface area (Å²) >= 11 is 0. The van der Waals surface area contributed by atoms with Crippen molar-refractivity contribution in [2.75, 3.05) is 57.1 Å². The number of anilines is 2. The summed E-state index contributed by atoms with van der Waals surface area (Å²) in [6, 6.07) is 0. The lowest BCUT2D eigenvalue weighted by molar-refractivity contribution is 0.0398. The van der Waals surface area contributed by atoms with Gasteiger partial charge in [-0.1, -0.05) is 0 Å². The highest BCUT2D eigenvalue weighted by Crippen LogP contribution is 2.11. The molecule has 2 rings (SSSR count). The van der Waals surface area contributed by atoms with E-state index in [4.69, 9.17) is 4.74 Å². The van der Waals surface area contributed by atoms with Crippen molar-refractivity contribution >= 4 is 11.8 Å². The average Bonchev–Trinajstić information content (AvgIpc) is 2.42. The smallest absolute Gasteiger partial charge is 0.224 e. The fraction of sp³-hybridized carbons (Fsp3) is 0.636. The Morgan fingerprint density at radius 1 is 1.44 bits per heavy atom. The molecular weight excluding hydrogens is 237 g/mol. The minimum Gasteiger partial charge on any atom is -0.379 e. The first kappa shape index (κ1) is 13.0. The summed E-state index contributed by atoms with van der Waals surface area (Å²) in [6.07, 6.45) is 1.16. The van der Waals surface area contributed by atoms with Crippen LogP contribution in [0.2, 0.25) is 0 Å². The van der Waals surface area contributed by atoms with E-state index in [9.17, 15) is 4.39 Å². The molecule has 1 saturated heterocycles. The highest BCUT2D eigenvalue weighted by molar-refractivity contribution is 5.40. The van der Waals surface area contributed by atoms with Gasteiger partial charge in [-0.3, -0.25) is 4.90 Å². The minimum absolute atomic E-state index is 0.239. The van der Waals surface area contributed by atoms with Gasteiger partial charge in [0.15, 0.2) is 11.6 Å². The van der Waals surface area contributed by atoms with Gasteiger partial charge in [-0.15, -0.1) is 0 Å². The molecule has 2 N–H and O–H groups in total. The predicted octanol–water partition coefficient (Wildman–Crippen LogP) is 0.401. The van der Waals surface area contributed by atoms with E-state index in [0.29, 0.717) is 12.5 Å². The maximum Gasteiger partial charge on any atom is 0.224 e. The van der Waals surface area contributed by atoms with E-state index in [1.165, 1.54) is 0 Å². The molecule has 1 aromatic rings. The Labute approximate surface area is 106 Å². The summed E-state index contributed by atoms with van der Waals surface area (Å²) in [4.78, 5) is 10.1. The van der Waals surface area contributed by atoms with Crippen molar-refractivity contribution in [3.05, 3.63) is 12.0 Å².